The second-order valence-corrected chi connectivity index (χ2v) is 5.39. The van der Waals surface area contributed by atoms with Crippen LogP contribution in [0.4, 0.5) is 0 Å². The molecule has 0 bridgehead atoms. The Kier molecular flexibility index (Phi) is 8.55. The van der Waals surface area contributed by atoms with Gasteiger partial charge in [0.15, 0.2) is 12.1 Å². The molecule has 12 nitrogen and oxygen atoms in total. The number of nitrogens with two attached hydrogens (primary N) is 1. The molecule has 0 radical (unpaired) electrons. The molecule has 0 saturated carbocycles. The van der Waals surface area contributed by atoms with Crippen molar-refractivity contribution in [3.8, 4) is 0 Å². The number of carbonyl (C=O) groups is 1. The van der Waals surface area contributed by atoms with Crippen LogP contribution in [0.15, 0.2) is 0 Å². The Morgan fingerprint density at radius 2 is 1.79 bits per heavy atom. The van der Waals surface area contributed by atoms with E-state index < -0.39 is 68.0 Å². The molecule has 0 unspecified atom stereocenters. The number of hydrogen-bond acceptors (Lipinski definition) is 12. The van der Waals surface area contributed by atoms with Gasteiger partial charge in [0.2, 0.25) is 0 Å². The van der Waals surface area contributed by atoms with Crippen molar-refractivity contribution in [1.29, 1.82) is 0 Å². The van der Waals surface area contributed by atoms with Crippen LogP contribution < -0.4 is 11.3 Å². The van der Waals surface area contributed by atoms with E-state index >= 15 is 0 Å². The number of hydrazine groups is 1. The number of hydrogen-bond donors (Lipinski definition) is 9. The van der Waals surface area contributed by atoms with Crippen molar-refractivity contribution < 1.29 is 50.0 Å². The fourth-order valence-electron chi connectivity index (χ4n) is 2.10. The number of nitrogens with one attached hydrogen (secondary N) is 1. The van der Waals surface area contributed by atoms with Crippen molar-refractivity contribution in [2.75, 3.05) is 19.8 Å². The number of aliphatic hydroxyl groups is 7. The highest BCUT2D eigenvalue weighted by Gasteiger charge is 2.44. The minimum absolute atomic E-state index is 0.279. The minimum Gasteiger partial charge on any atom is -0.394 e. The molecule has 0 aromatic carbocycles. The van der Waals surface area contributed by atoms with Crippen LogP contribution in [-0.2, 0) is 14.3 Å². The van der Waals surface area contributed by atoms with Crippen molar-refractivity contribution in [3.63, 3.8) is 0 Å². The van der Waals surface area contributed by atoms with Crippen molar-refractivity contribution >= 4 is 5.78 Å². The maximum absolute atomic E-state index is 11.7. The molecule has 0 spiro atoms. The molecular formula is C12H24N2O10. The zero-order chi connectivity index (χ0) is 18.4. The largest absolute Gasteiger partial charge is 0.394 e. The molecule has 1 aliphatic rings. The molecule has 8 atom stereocenters. The first-order valence-electron chi connectivity index (χ1n) is 7.17. The second kappa shape index (κ2) is 9.65. The molecule has 1 aliphatic heterocycles. The Bertz CT molecular complexity index is 398. The topological polar surface area (TPSA) is 215 Å². The van der Waals surface area contributed by atoms with Gasteiger partial charge < -0.3 is 45.2 Å². The number of ketones is 1. The fourth-order valence-corrected chi connectivity index (χ4v) is 2.10. The summed E-state index contributed by atoms with van der Waals surface area (Å²) in [4.78, 5) is 11.7. The Balaban J connectivity index is 2.56. The van der Waals surface area contributed by atoms with Crippen LogP contribution in [0, 0.1) is 0 Å². The number of Topliss-reactive ketones (excluding diaryl/α,β-unsaturated/α-hetero) is 1. The first-order valence-corrected chi connectivity index (χ1v) is 7.17. The van der Waals surface area contributed by atoms with Crippen LogP contribution in [0.1, 0.15) is 0 Å². The third-order valence-electron chi connectivity index (χ3n) is 3.61. The van der Waals surface area contributed by atoms with Gasteiger partial charge in [-0.25, -0.2) is 0 Å². The Hall–Kier alpha value is -0.770. The van der Waals surface area contributed by atoms with E-state index in [4.69, 9.17) is 20.4 Å². The molecule has 1 saturated heterocycles. The fraction of sp³-hybridized carbons (Fsp3) is 0.917. The third kappa shape index (κ3) is 5.11. The molecular weight excluding hydrogens is 332 g/mol. The number of rotatable bonds is 9. The molecule has 10 N–H and O–H groups in total. The van der Waals surface area contributed by atoms with Gasteiger partial charge in [-0.3, -0.25) is 16.1 Å². The molecule has 0 amide bonds. The average molecular weight is 356 g/mol. The lowest BCUT2D eigenvalue weighted by Crippen LogP contribution is -2.59. The quantitative estimate of drug-likeness (QED) is 0.139. The lowest BCUT2D eigenvalue weighted by molar-refractivity contribution is -0.299. The number of aliphatic hydroxyl groups excluding tert-OH is 7. The Morgan fingerprint density at radius 1 is 1.17 bits per heavy atom. The zero-order valence-corrected chi connectivity index (χ0v) is 12.7. The third-order valence-corrected chi connectivity index (χ3v) is 3.61. The van der Waals surface area contributed by atoms with Crippen molar-refractivity contribution in [3.05, 3.63) is 0 Å². The van der Waals surface area contributed by atoms with Crippen LogP contribution in [0.3, 0.4) is 0 Å². The highest BCUT2D eigenvalue weighted by Crippen LogP contribution is 2.22. The summed E-state index contributed by atoms with van der Waals surface area (Å²) >= 11 is 0. The van der Waals surface area contributed by atoms with Gasteiger partial charge in [0, 0.05) is 6.54 Å². The summed E-state index contributed by atoms with van der Waals surface area (Å²) < 4.78 is 9.92. The van der Waals surface area contributed by atoms with E-state index in [1.54, 1.807) is 0 Å². The van der Waals surface area contributed by atoms with Crippen LogP contribution in [0.25, 0.3) is 0 Å². The van der Waals surface area contributed by atoms with E-state index in [1.807, 2.05) is 0 Å². The Labute approximate surface area is 137 Å². The Morgan fingerprint density at radius 3 is 2.33 bits per heavy atom. The summed E-state index contributed by atoms with van der Waals surface area (Å²) in [6.07, 6.45) is -13.0. The van der Waals surface area contributed by atoms with Crippen molar-refractivity contribution in [2.24, 2.45) is 5.84 Å². The SMILES string of the molecule is NNC[C@H](O)[C@@H](O)[C@H](O)C(=O)CO[C@H]1O[C@H](CO)[C@@H](O)[C@H](O)[C@H]1O. The second-order valence-electron chi connectivity index (χ2n) is 5.39. The van der Waals surface area contributed by atoms with Crippen LogP contribution >= 0.6 is 0 Å². The normalized spacial score (nSPS) is 34.6. The van der Waals surface area contributed by atoms with E-state index in [2.05, 4.69) is 5.43 Å². The number of carbonyl (C=O) groups excluding carboxylic acids is 1. The monoisotopic (exact) mass is 356 g/mol. The summed E-state index contributed by atoms with van der Waals surface area (Å²) in [6.45, 7) is -1.78. The predicted molar refractivity (Wildman–Crippen MR) is 74.9 cm³/mol. The summed E-state index contributed by atoms with van der Waals surface area (Å²) in [5, 5.41) is 66.5. The minimum atomic E-state index is -1.99. The maximum Gasteiger partial charge on any atom is 0.189 e. The highest BCUT2D eigenvalue weighted by atomic mass is 16.7. The summed E-state index contributed by atoms with van der Waals surface area (Å²) in [6, 6.07) is 0. The molecule has 1 fully saturated rings. The highest BCUT2D eigenvalue weighted by molar-refractivity contribution is 5.84. The van der Waals surface area contributed by atoms with Gasteiger partial charge in [-0.05, 0) is 0 Å². The molecule has 1 rings (SSSR count). The standard InChI is InChI=1S/C12H24N2O10/c13-14-1-4(16)7(18)8(19)5(17)3-23-12-11(22)10(21)9(20)6(2-15)24-12/h4,6-12,14-16,18-22H,1-3,13H2/t4-,6+,7+,8+,9+,10-,11+,12-/m0/s1. The summed E-state index contributed by atoms with van der Waals surface area (Å²) in [5.74, 6) is 3.91. The van der Waals surface area contributed by atoms with Gasteiger partial charge in [-0.2, -0.15) is 0 Å². The van der Waals surface area contributed by atoms with E-state index in [1.165, 1.54) is 0 Å². The first-order chi connectivity index (χ1) is 11.2. The maximum atomic E-state index is 11.7. The molecule has 142 valence electrons. The van der Waals surface area contributed by atoms with Crippen LogP contribution in [0.2, 0.25) is 0 Å². The lowest BCUT2D eigenvalue weighted by atomic mass is 9.99. The smallest absolute Gasteiger partial charge is 0.189 e. The molecule has 0 aromatic rings. The van der Waals surface area contributed by atoms with E-state index in [9.17, 15) is 35.4 Å². The predicted octanol–water partition coefficient (Wildman–Crippen LogP) is -6.08. The van der Waals surface area contributed by atoms with Crippen LogP contribution in [0.5, 0.6) is 0 Å². The molecule has 1 heterocycles. The first kappa shape index (κ1) is 21.3. The molecule has 24 heavy (non-hydrogen) atoms. The summed E-state index contributed by atoms with van der Waals surface area (Å²) in [7, 11) is 0. The van der Waals surface area contributed by atoms with Gasteiger partial charge in [-0.15, -0.1) is 0 Å². The van der Waals surface area contributed by atoms with Gasteiger partial charge in [0.05, 0.1) is 12.7 Å². The van der Waals surface area contributed by atoms with Gasteiger partial charge in [0.25, 0.3) is 0 Å². The van der Waals surface area contributed by atoms with Crippen LogP contribution in [-0.4, -0.2) is 110 Å². The van der Waals surface area contributed by atoms with Crippen molar-refractivity contribution in [2.45, 2.75) is 49.0 Å². The van der Waals surface area contributed by atoms with Crippen molar-refractivity contribution in [1.82, 2.24) is 5.43 Å². The molecule has 0 aromatic heterocycles. The molecule has 0 aliphatic carbocycles. The van der Waals surface area contributed by atoms with E-state index in [0.29, 0.717) is 0 Å². The van der Waals surface area contributed by atoms with Gasteiger partial charge >= 0.3 is 0 Å². The molecule has 12 heteroatoms. The van der Waals surface area contributed by atoms with Gasteiger partial charge in [-0.1, -0.05) is 0 Å². The van der Waals surface area contributed by atoms with Gasteiger partial charge in [0.1, 0.15) is 43.2 Å². The average Bonchev–Trinajstić information content (AvgIpc) is 2.57. The zero-order valence-electron chi connectivity index (χ0n) is 12.7. The number of ether oxygens (including phenoxy) is 2. The van der Waals surface area contributed by atoms with E-state index in [-0.39, 0.29) is 6.54 Å². The van der Waals surface area contributed by atoms with E-state index in [0.717, 1.165) is 0 Å². The lowest BCUT2D eigenvalue weighted by Gasteiger charge is -2.39. The summed E-state index contributed by atoms with van der Waals surface area (Å²) in [5.41, 5.74) is 2.06.